The van der Waals surface area contributed by atoms with Crippen LogP contribution in [0, 0.1) is 13.8 Å². The molecule has 182 valence electrons. The normalized spacial score (nSPS) is 13.0. The first kappa shape index (κ1) is 24.1. The predicted octanol–water partition coefficient (Wildman–Crippen LogP) is 2.73. The van der Waals surface area contributed by atoms with Gasteiger partial charge in [0.15, 0.2) is 5.89 Å². The summed E-state index contributed by atoms with van der Waals surface area (Å²) in [4.78, 5) is 31.6. The highest BCUT2D eigenvalue weighted by Crippen LogP contribution is 2.26. The van der Waals surface area contributed by atoms with Gasteiger partial charge in [-0.3, -0.25) is 9.59 Å². The zero-order chi connectivity index (χ0) is 25.3. The molecule has 3 aromatic heterocycles. The van der Waals surface area contributed by atoms with E-state index in [1.807, 2.05) is 30.3 Å². The number of pyridine rings is 1. The molecular formula is C25H28N6O4. The van der Waals surface area contributed by atoms with Crippen LogP contribution >= 0.6 is 0 Å². The smallest absolute Gasteiger partial charge is 0.264 e. The molecule has 0 aliphatic carbocycles. The Labute approximate surface area is 202 Å². The number of aryl methyl sites for hydroxylation is 2. The fraction of sp³-hybridized carbons (Fsp3) is 0.320. The number of rotatable bonds is 7. The van der Waals surface area contributed by atoms with Crippen molar-refractivity contribution in [3.8, 4) is 11.6 Å². The molecule has 0 saturated heterocycles. The summed E-state index contributed by atoms with van der Waals surface area (Å²) >= 11 is 0. The minimum atomic E-state index is -0.924. The maximum absolute atomic E-state index is 13.1. The summed E-state index contributed by atoms with van der Waals surface area (Å²) < 4.78 is 12.7. The van der Waals surface area contributed by atoms with Crippen molar-refractivity contribution in [2.24, 2.45) is 12.8 Å². The van der Waals surface area contributed by atoms with Gasteiger partial charge in [-0.1, -0.05) is 30.3 Å². The van der Waals surface area contributed by atoms with E-state index in [2.05, 4.69) is 15.2 Å². The lowest BCUT2D eigenvalue weighted by Crippen LogP contribution is -2.35. The Morgan fingerprint density at radius 3 is 2.51 bits per heavy atom. The summed E-state index contributed by atoms with van der Waals surface area (Å²) in [6, 6.07) is 12.6. The lowest BCUT2D eigenvalue weighted by molar-refractivity contribution is 0.0783. The maximum atomic E-state index is 13.1. The third-order valence-corrected chi connectivity index (χ3v) is 5.79. The lowest BCUT2D eigenvalue weighted by atomic mass is 9.94. The number of carbonyl (C=O) groups is 1. The predicted molar refractivity (Wildman–Crippen MR) is 128 cm³/mol. The second-order valence-corrected chi connectivity index (χ2v) is 8.92. The molecular weight excluding hydrogens is 448 g/mol. The van der Waals surface area contributed by atoms with E-state index in [4.69, 9.17) is 14.6 Å². The van der Waals surface area contributed by atoms with Crippen LogP contribution in [0.25, 0.3) is 11.6 Å². The molecule has 1 atom stereocenters. The summed E-state index contributed by atoms with van der Waals surface area (Å²) in [5.74, 6) is 1.15. The Bertz CT molecular complexity index is 1420. The second kappa shape index (κ2) is 9.30. The van der Waals surface area contributed by atoms with Crippen LogP contribution in [0.4, 0.5) is 0 Å². The molecule has 0 bridgehead atoms. The van der Waals surface area contributed by atoms with Crippen molar-refractivity contribution in [3.05, 3.63) is 87.2 Å². The van der Waals surface area contributed by atoms with Crippen LogP contribution in [-0.4, -0.2) is 37.6 Å². The van der Waals surface area contributed by atoms with Crippen LogP contribution in [-0.2, 0) is 25.6 Å². The lowest BCUT2D eigenvalue weighted by Gasteiger charge is -2.20. The van der Waals surface area contributed by atoms with Gasteiger partial charge in [0.2, 0.25) is 5.89 Å². The number of nitrogens with two attached hydrogens (primary N) is 1. The van der Waals surface area contributed by atoms with Gasteiger partial charge in [0.1, 0.15) is 17.1 Å². The van der Waals surface area contributed by atoms with Gasteiger partial charge in [0.25, 0.3) is 17.4 Å². The Morgan fingerprint density at radius 1 is 1.14 bits per heavy atom. The topological polar surface area (TPSA) is 133 Å². The van der Waals surface area contributed by atoms with Gasteiger partial charge in [-0.2, -0.15) is 0 Å². The maximum Gasteiger partial charge on any atom is 0.264 e. The first-order valence-electron chi connectivity index (χ1n) is 11.1. The number of amides is 1. The molecule has 0 aliphatic rings. The molecule has 10 nitrogen and oxygen atoms in total. The fourth-order valence-corrected chi connectivity index (χ4v) is 3.85. The molecule has 4 aromatic rings. The minimum absolute atomic E-state index is 0.101. The highest BCUT2D eigenvalue weighted by Gasteiger charge is 2.29. The van der Waals surface area contributed by atoms with E-state index in [-0.39, 0.29) is 35.4 Å². The van der Waals surface area contributed by atoms with E-state index >= 15 is 0 Å². The Balaban J connectivity index is 1.61. The van der Waals surface area contributed by atoms with E-state index in [9.17, 15) is 9.59 Å². The molecule has 3 heterocycles. The van der Waals surface area contributed by atoms with Gasteiger partial charge >= 0.3 is 0 Å². The largest absolute Gasteiger partial charge is 0.446 e. The van der Waals surface area contributed by atoms with Crippen LogP contribution in [0.2, 0.25) is 0 Å². The fourth-order valence-electron chi connectivity index (χ4n) is 3.85. The van der Waals surface area contributed by atoms with Crippen LogP contribution in [0.1, 0.15) is 46.1 Å². The number of hydrogen-bond donors (Lipinski definition) is 1. The minimum Gasteiger partial charge on any atom is -0.446 e. The number of oxazole rings is 1. The van der Waals surface area contributed by atoms with Crippen LogP contribution in [0.3, 0.4) is 0 Å². The van der Waals surface area contributed by atoms with Gasteiger partial charge in [0, 0.05) is 32.6 Å². The quantitative estimate of drug-likeness (QED) is 0.430. The van der Waals surface area contributed by atoms with E-state index in [1.54, 1.807) is 40.9 Å². The molecule has 0 saturated carbocycles. The SMILES string of the molecule is Cc1nc(CN(C)C(=O)c2cc(-c3nnc(C(C)(N)Cc4ccccc4)o3)n(C)c(=O)c2)c(C)o1. The van der Waals surface area contributed by atoms with Crippen molar-refractivity contribution in [1.29, 1.82) is 0 Å². The van der Waals surface area contributed by atoms with Crippen LogP contribution in [0.5, 0.6) is 0 Å². The third-order valence-electron chi connectivity index (χ3n) is 5.79. The molecule has 1 aromatic carbocycles. The van der Waals surface area contributed by atoms with Crippen molar-refractivity contribution in [3.63, 3.8) is 0 Å². The van der Waals surface area contributed by atoms with E-state index in [1.165, 1.54) is 15.5 Å². The van der Waals surface area contributed by atoms with Crippen molar-refractivity contribution < 1.29 is 13.6 Å². The molecule has 0 fully saturated rings. The second-order valence-electron chi connectivity index (χ2n) is 8.92. The summed E-state index contributed by atoms with van der Waals surface area (Å²) in [5.41, 5.74) is 7.39. The Kier molecular flexibility index (Phi) is 6.40. The van der Waals surface area contributed by atoms with Crippen LogP contribution < -0.4 is 11.3 Å². The van der Waals surface area contributed by atoms with Gasteiger partial charge in [-0.15, -0.1) is 10.2 Å². The van der Waals surface area contributed by atoms with Gasteiger partial charge in [0.05, 0.1) is 12.1 Å². The Morgan fingerprint density at radius 2 is 1.86 bits per heavy atom. The summed E-state index contributed by atoms with van der Waals surface area (Å²) in [6.45, 7) is 5.58. The molecule has 4 rings (SSSR count). The van der Waals surface area contributed by atoms with Crippen molar-refractivity contribution in [2.75, 3.05) is 7.05 Å². The first-order chi connectivity index (χ1) is 16.5. The summed E-state index contributed by atoms with van der Waals surface area (Å²) in [5, 5.41) is 8.26. The number of carbonyl (C=O) groups excluding carboxylic acids is 1. The van der Waals surface area contributed by atoms with Gasteiger partial charge < -0.3 is 24.0 Å². The molecule has 1 amide bonds. The molecule has 1 unspecified atom stereocenters. The number of aromatic nitrogens is 4. The zero-order valence-electron chi connectivity index (χ0n) is 20.4. The number of nitrogens with zero attached hydrogens (tertiary/aromatic N) is 5. The molecule has 35 heavy (non-hydrogen) atoms. The average molecular weight is 477 g/mol. The van der Waals surface area contributed by atoms with Gasteiger partial charge in [-0.05, 0) is 31.9 Å². The monoisotopic (exact) mass is 476 g/mol. The van der Waals surface area contributed by atoms with Crippen LogP contribution in [0.15, 0.2) is 56.1 Å². The third kappa shape index (κ3) is 5.07. The first-order valence-corrected chi connectivity index (χ1v) is 11.1. The molecule has 0 spiro atoms. The van der Waals surface area contributed by atoms with Crippen molar-refractivity contribution in [2.45, 2.75) is 39.3 Å². The number of benzene rings is 1. The highest BCUT2D eigenvalue weighted by atomic mass is 16.4. The summed E-state index contributed by atoms with van der Waals surface area (Å²) in [7, 11) is 3.21. The van der Waals surface area contributed by atoms with E-state index in [0.29, 0.717) is 29.5 Å². The Hall–Kier alpha value is -4.05. The highest BCUT2D eigenvalue weighted by molar-refractivity contribution is 5.94. The van der Waals surface area contributed by atoms with Crippen molar-refractivity contribution >= 4 is 5.91 Å². The molecule has 2 N–H and O–H groups in total. The van der Waals surface area contributed by atoms with Crippen molar-refractivity contribution in [1.82, 2.24) is 24.6 Å². The molecule has 0 radical (unpaired) electrons. The number of hydrogen-bond acceptors (Lipinski definition) is 8. The standard InChI is InChI=1S/C25H28N6O4/c1-15-19(27-16(2)34-15)14-30(4)23(33)18-11-20(31(5)21(32)12-18)22-28-29-24(35-22)25(3,26)13-17-9-7-6-8-10-17/h6-12H,13-14,26H2,1-5H3. The summed E-state index contributed by atoms with van der Waals surface area (Å²) in [6.07, 6.45) is 0.485. The van der Waals surface area contributed by atoms with E-state index < -0.39 is 5.54 Å². The average Bonchev–Trinajstić information content (AvgIpc) is 3.42. The van der Waals surface area contributed by atoms with Gasteiger partial charge in [-0.25, -0.2) is 4.98 Å². The molecule has 10 heteroatoms. The van der Waals surface area contributed by atoms with E-state index in [0.717, 1.165) is 5.56 Å². The molecule has 0 aliphatic heterocycles. The zero-order valence-corrected chi connectivity index (χ0v) is 20.4.